The van der Waals surface area contributed by atoms with Gasteiger partial charge in [0.05, 0.1) is 0 Å². The number of carbonyl (C=O) groups is 1. The Balaban J connectivity index is 2.10. The van der Waals surface area contributed by atoms with Gasteiger partial charge in [-0.15, -0.1) is 0 Å². The van der Waals surface area contributed by atoms with Gasteiger partial charge >= 0.3 is 0 Å². The monoisotopic (exact) mass is 270 g/mol. The molecule has 1 saturated carbocycles. The van der Waals surface area contributed by atoms with Crippen LogP contribution in [0.2, 0.25) is 0 Å². The Morgan fingerprint density at radius 3 is 2.79 bits per heavy atom. The lowest BCUT2D eigenvalue weighted by Gasteiger charge is -2.31. The average molecular weight is 270 g/mol. The van der Waals surface area contributed by atoms with Gasteiger partial charge < -0.3 is 15.8 Å². The Hall–Kier alpha value is -0.610. The molecule has 1 amide bonds. The van der Waals surface area contributed by atoms with Crippen LogP contribution in [0.5, 0.6) is 0 Å². The van der Waals surface area contributed by atoms with E-state index >= 15 is 0 Å². The Kier molecular flexibility index (Phi) is 7.39. The summed E-state index contributed by atoms with van der Waals surface area (Å²) in [6.45, 7) is 8.64. The van der Waals surface area contributed by atoms with Crippen LogP contribution < -0.4 is 11.1 Å². The predicted molar refractivity (Wildman–Crippen MR) is 77.8 cm³/mol. The largest absolute Gasteiger partial charge is 0.381 e. The highest BCUT2D eigenvalue weighted by Gasteiger charge is 2.30. The number of nitrogens with two attached hydrogens (primary N) is 1. The first-order chi connectivity index (χ1) is 9.00. The molecule has 3 N–H and O–H groups in total. The molecule has 0 aliphatic heterocycles. The van der Waals surface area contributed by atoms with Crippen molar-refractivity contribution in [3.8, 4) is 0 Å². The molecule has 19 heavy (non-hydrogen) atoms. The summed E-state index contributed by atoms with van der Waals surface area (Å²) in [6.07, 6.45) is 3.76. The van der Waals surface area contributed by atoms with Crippen LogP contribution in [0.1, 0.15) is 46.5 Å². The summed E-state index contributed by atoms with van der Waals surface area (Å²) in [5, 5.41) is 3.03. The van der Waals surface area contributed by atoms with Crippen LogP contribution in [0.3, 0.4) is 0 Å². The fraction of sp³-hybridized carbons (Fsp3) is 0.933. The summed E-state index contributed by atoms with van der Waals surface area (Å²) in [5.41, 5.74) is 5.92. The summed E-state index contributed by atoms with van der Waals surface area (Å²) in [5.74, 6) is 1.32. The van der Waals surface area contributed by atoms with Crippen LogP contribution in [0.25, 0.3) is 0 Å². The summed E-state index contributed by atoms with van der Waals surface area (Å²) in [6, 6.07) is 0.281. The van der Waals surface area contributed by atoms with Crippen LogP contribution in [0.15, 0.2) is 0 Å². The number of amides is 1. The molecular weight excluding hydrogens is 240 g/mol. The molecule has 0 spiro atoms. The maximum atomic E-state index is 12.1. The van der Waals surface area contributed by atoms with Gasteiger partial charge in [0.2, 0.25) is 5.91 Å². The van der Waals surface area contributed by atoms with Gasteiger partial charge in [-0.1, -0.05) is 20.8 Å². The van der Waals surface area contributed by atoms with E-state index in [0.717, 1.165) is 38.9 Å². The Morgan fingerprint density at radius 2 is 2.16 bits per heavy atom. The lowest BCUT2D eigenvalue weighted by molar-refractivity contribution is -0.127. The highest BCUT2D eigenvalue weighted by molar-refractivity contribution is 5.79. The second-order valence-electron chi connectivity index (χ2n) is 6.27. The van der Waals surface area contributed by atoms with Gasteiger partial charge in [-0.2, -0.15) is 0 Å². The fourth-order valence-corrected chi connectivity index (χ4v) is 2.66. The first-order valence-electron chi connectivity index (χ1n) is 7.61. The molecule has 1 aliphatic rings. The van der Waals surface area contributed by atoms with Gasteiger partial charge in [0, 0.05) is 31.7 Å². The van der Waals surface area contributed by atoms with Gasteiger partial charge in [0.1, 0.15) is 0 Å². The molecule has 4 nitrogen and oxygen atoms in total. The van der Waals surface area contributed by atoms with E-state index in [9.17, 15) is 4.79 Å². The molecule has 0 aromatic carbocycles. The smallest absolute Gasteiger partial charge is 0.223 e. The van der Waals surface area contributed by atoms with Crippen LogP contribution in [-0.2, 0) is 9.53 Å². The quantitative estimate of drug-likeness (QED) is 0.695. The molecule has 3 atom stereocenters. The van der Waals surface area contributed by atoms with Crippen LogP contribution >= 0.6 is 0 Å². The molecule has 1 fully saturated rings. The summed E-state index contributed by atoms with van der Waals surface area (Å²) in [7, 11) is 0. The van der Waals surface area contributed by atoms with E-state index in [2.05, 4.69) is 26.1 Å². The van der Waals surface area contributed by atoms with E-state index in [-0.39, 0.29) is 17.9 Å². The average Bonchev–Trinajstić information content (AvgIpc) is 2.32. The third kappa shape index (κ3) is 6.39. The molecule has 0 aromatic rings. The molecule has 0 aromatic heterocycles. The van der Waals surface area contributed by atoms with Crippen molar-refractivity contribution >= 4 is 5.91 Å². The zero-order valence-corrected chi connectivity index (χ0v) is 12.7. The molecule has 0 saturated heterocycles. The number of hydrogen-bond donors (Lipinski definition) is 2. The third-order valence-corrected chi connectivity index (χ3v) is 3.76. The highest BCUT2D eigenvalue weighted by atomic mass is 16.5. The molecule has 1 rings (SSSR count). The second-order valence-corrected chi connectivity index (χ2v) is 6.27. The minimum atomic E-state index is 0.149. The molecule has 0 radical (unpaired) electrons. The maximum Gasteiger partial charge on any atom is 0.223 e. The minimum Gasteiger partial charge on any atom is -0.381 e. The maximum absolute atomic E-state index is 12.1. The van der Waals surface area contributed by atoms with Gasteiger partial charge in [0.25, 0.3) is 0 Å². The van der Waals surface area contributed by atoms with Crippen molar-refractivity contribution in [3.05, 3.63) is 0 Å². The van der Waals surface area contributed by atoms with Gasteiger partial charge in [-0.25, -0.2) is 0 Å². The van der Waals surface area contributed by atoms with Crippen molar-refractivity contribution in [2.75, 3.05) is 19.8 Å². The SMILES string of the molecule is CC(C)COCCCNC(=O)C1CCC(N)CC1C. The topological polar surface area (TPSA) is 64.3 Å². The number of nitrogens with one attached hydrogen (secondary N) is 1. The molecule has 0 bridgehead atoms. The van der Waals surface area contributed by atoms with E-state index in [4.69, 9.17) is 10.5 Å². The molecule has 112 valence electrons. The highest BCUT2D eigenvalue weighted by Crippen LogP contribution is 2.29. The van der Waals surface area contributed by atoms with Crippen molar-refractivity contribution in [1.29, 1.82) is 0 Å². The lowest BCUT2D eigenvalue weighted by Crippen LogP contribution is -2.41. The normalized spacial score (nSPS) is 27.5. The van der Waals surface area contributed by atoms with Gasteiger partial charge in [-0.3, -0.25) is 4.79 Å². The van der Waals surface area contributed by atoms with Crippen LogP contribution in [0.4, 0.5) is 0 Å². The first-order valence-corrected chi connectivity index (χ1v) is 7.61. The van der Waals surface area contributed by atoms with E-state index < -0.39 is 0 Å². The molecular formula is C15H30N2O2. The molecule has 0 heterocycles. The number of rotatable bonds is 7. The summed E-state index contributed by atoms with van der Waals surface area (Å²) in [4.78, 5) is 12.1. The zero-order chi connectivity index (χ0) is 14.3. The van der Waals surface area contributed by atoms with Gasteiger partial charge in [0.15, 0.2) is 0 Å². The van der Waals surface area contributed by atoms with Crippen LogP contribution in [-0.4, -0.2) is 31.7 Å². The lowest BCUT2D eigenvalue weighted by atomic mass is 9.78. The van der Waals surface area contributed by atoms with Crippen molar-refractivity contribution < 1.29 is 9.53 Å². The van der Waals surface area contributed by atoms with Crippen LogP contribution in [0, 0.1) is 17.8 Å². The predicted octanol–water partition coefficient (Wildman–Crippen LogP) is 1.93. The van der Waals surface area contributed by atoms with Crippen molar-refractivity contribution in [1.82, 2.24) is 5.32 Å². The van der Waals surface area contributed by atoms with E-state index in [1.807, 2.05) is 0 Å². The summed E-state index contributed by atoms with van der Waals surface area (Å²) < 4.78 is 5.49. The third-order valence-electron chi connectivity index (χ3n) is 3.76. The Morgan fingerprint density at radius 1 is 1.42 bits per heavy atom. The van der Waals surface area contributed by atoms with E-state index in [1.54, 1.807) is 0 Å². The first kappa shape index (κ1) is 16.4. The minimum absolute atomic E-state index is 0.149. The van der Waals surface area contributed by atoms with Crippen molar-refractivity contribution in [2.24, 2.45) is 23.5 Å². The zero-order valence-electron chi connectivity index (χ0n) is 12.7. The second kappa shape index (κ2) is 8.54. The molecule has 3 unspecified atom stereocenters. The van der Waals surface area contributed by atoms with Crippen molar-refractivity contribution in [2.45, 2.75) is 52.5 Å². The van der Waals surface area contributed by atoms with Crippen molar-refractivity contribution in [3.63, 3.8) is 0 Å². The van der Waals surface area contributed by atoms with Gasteiger partial charge in [-0.05, 0) is 37.5 Å². The van der Waals surface area contributed by atoms with E-state index in [1.165, 1.54) is 0 Å². The Bertz CT molecular complexity index is 269. The number of ether oxygens (including phenoxy) is 1. The standard InChI is InChI=1S/C15H30N2O2/c1-11(2)10-19-8-4-7-17-15(18)14-6-5-13(16)9-12(14)3/h11-14H,4-10,16H2,1-3H3,(H,17,18). The fourth-order valence-electron chi connectivity index (χ4n) is 2.66. The summed E-state index contributed by atoms with van der Waals surface area (Å²) >= 11 is 0. The molecule has 1 aliphatic carbocycles. The molecule has 4 heteroatoms. The van der Waals surface area contributed by atoms with E-state index in [0.29, 0.717) is 18.4 Å². The Labute approximate surface area is 117 Å². The number of hydrogen-bond acceptors (Lipinski definition) is 3. The number of carbonyl (C=O) groups excluding carboxylic acids is 1.